The number of hydrogen-bond donors (Lipinski definition) is 3. The second kappa shape index (κ2) is 13.5. The highest BCUT2D eigenvalue weighted by atomic mass is 31.2. The van der Waals surface area contributed by atoms with E-state index in [-0.39, 0.29) is 31.9 Å². The van der Waals surface area contributed by atoms with Gasteiger partial charge in [-0.25, -0.2) is 14.2 Å². The van der Waals surface area contributed by atoms with Crippen molar-refractivity contribution in [3.63, 3.8) is 0 Å². The summed E-state index contributed by atoms with van der Waals surface area (Å²) in [7, 11) is -4.94. The van der Waals surface area contributed by atoms with Crippen molar-refractivity contribution in [2.45, 2.75) is 62.9 Å². The van der Waals surface area contributed by atoms with Crippen LogP contribution in [0.4, 0.5) is 18.0 Å². The third-order valence-electron chi connectivity index (χ3n) is 7.98. The maximum Gasteiger partial charge on any atom is 0.470 e. The molecule has 2 aliphatic heterocycles. The SMILES string of the molecule is Cc1cc([C@@H](C)OC[C@@]2(c3ccccc3)CC[C@]3(CCC(=O)N3)CN2C(=O)OCOC(=O)COP(=O)(O)O)cc(C(F)(F)F)c1. The van der Waals surface area contributed by atoms with Crippen molar-refractivity contribution in [3.8, 4) is 0 Å². The molecule has 16 heteroatoms. The molecule has 246 valence electrons. The van der Waals surface area contributed by atoms with Gasteiger partial charge in [0.2, 0.25) is 12.7 Å². The number of aryl methyl sites for hydroxylation is 1. The number of amides is 2. The molecule has 2 fully saturated rings. The number of phosphoric acid groups is 1. The van der Waals surface area contributed by atoms with Crippen LogP contribution >= 0.6 is 7.82 Å². The van der Waals surface area contributed by atoms with E-state index in [2.05, 4.69) is 9.84 Å². The fourth-order valence-electron chi connectivity index (χ4n) is 5.69. The van der Waals surface area contributed by atoms with Gasteiger partial charge < -0.3 is 29.3 Å². The van der Waals surface area contributed by atoms with E-state index < -0.39 is 62.2 Å². The third kappa shape index (κ3) is 8.61. The smallest absolute Gasteiger partial charge is 0.426 e. The minimum Gasteiger partial charge on any atom is -0.426 e. The fraction of sp³-hybridized carbons (Fsp3) is 0.483. The van der Waals surface area contributed by atoms with Gasteiger partial charge in [-0.15, -0.1) is 0 Å². The molecule has 2 heterocycles. The minimum atomic E-state index is -4.94. The van der Waals surface area contributed by atoms with E-state index >= 15 is 0 Å². The van der Waals surface area contributed by atoms with Gasteiger partial charge in [0.1, 0.15) is 0 Å². The van der Waals surface area contributed by atoms with Gasteiger partial charge in [0.05, 0.1) is 29.4 Å². The topological polar surface area (TPSA) is 161 Å². The summed E-state index contributed by atoms with van der Waals surface area (Å²) in [6, 6.07) is 12.5. The number of alkyl halides is 3. The van der Waals surface area contributed by atoms with Crippen molar-refractivity contribution < 1.29 is 60.6 Å². The summed E-state index contributed by atoms with van der Waals surface area (Å²) in [5.41, 5.74) is -1.47. The number of phosphoric ester groups is 1. The average Bonchev–Trinajstić information content (AvgIpc) is 3.34. The van der Waals surface area contributed by atoms with E-state index in [1.54, 1.807) is 50.2 Å². The van der Waals surface area contributed by atoms with Gasteiger partial charge in [0.15, 0.2) is 6.61 Å². The predicted octanol–water partition coefficient (Wildman–Crippen LogP) is 4.48. The molecule has 2 aliphatic rings. The lowest BCUT2D eigenvalue weighted by Gasteiger charge is -2.52. The Morgan fingerprint density at radius 3 is 2.42 bits per heavy atom. The van der Waals surface area contributed by atoms with Crippen molar-refractivity contribution in [1.29, 1.82) is 0 Å². The molecular weight excluding hydrogens is 624 g/mol. The molecule has 45 heavy (non-hydrogen) atoms. The maximum absolute atomic E-state index is 13.7. The summed E-state index contributed by atoms with van der Waals surface area (Å²) in [6.45, 7) is 0.983. The zero-order valence-corrected chi connectivity index (χ0v) is 25.4. The van der Waals surface area contributed by atoms with Gasteiger partial charge in [-0.3, -0.25) is 14.2 Å². The minimum absolute atomic E-state index is 0.0118. The zero-order chi connectivity index (χ0) is 33.0. The summed E-state index contributed by atoms with van der Waals surface area (Å²) in [5.74, 6) is -1.38. The Balaban J connectivity index is 1.61. The first-order chi connectivity index (χ1) is 21.0. The normalized spacial score (nSPS) is 22.6. The van der Waals surface area contributed by atoms with Crippen LogP contribution in [0.1, 0.15) is 61.0 Å². The van der Waals surface area contributed by atoms with Gasteiger partial charge in [-0.1, -0.05) is 42.0 Å². The van der Waals surface area contributed by atoms with Crippen molar-refractivity contribution in [2.24, 2.45) is 0 Å². The summed E-state index contributed by atoms with van der Waals surface area (Å²) in [6.07, 6.45) is -4.91. The van der Waals surface area contributed by atoms with Crippen molar-refractivity contribution in [2.75, 3.05) is 26.6 Å². The molecule has 2 aromatic carbocycles. The van der Waals surface area contributed by atoms with E-state index in [1.165, 1.54) is 4.90 Å². The molecule has 3 N–H and O–H groups in total. The van der Waals surface area contributed by atoms with E-state index in [0.29, 0.717) is 29.5 Å². The Morgan fingerprint density at radius 2 is 1.80 bits per heavy atom. The molecule has 2 aromatic rings. The van der Waals surface area contributed by atoms with Crippen LogP contribution in [0.25, 0.3) is 0 Å². The third-order valence-corrected chi connectivity index (χ3v) is 8.45. The number of rotatable bonds is 10. The largest absolute Gasteiger partial charge is 0.470 e. The molecule has 0 unspecified atom stereocenters. The molecule has 2 amide bonds. The van der Waals surface area contributed by atoms with Crippen LogP contribution in [0.2, 0.25) is 0 Å². The Kier molecular flexibility index (Phi) is 10.3. The molecular formula is C29H34F3N2O10P. The number of piperidine rings is 1. The lowest BCUT2D eigenvalue weighted by atomic mass is 9.74. The molecule has 1 spiro atoms. The molecule has 0 saturated carbocycles. The Morgan fingerprint density at radius 1 is 1.09 bits per heavy atom. The quantitative estimate of drug-likeness (QED) is 0.189. The molecule has 12 nitrogen and oxygen atoms in total. The van der Waals surface area contributed by atoms with Crippen LogP contribution in [0.5, 0.6) is 0 Å². The van der Waals surface area contributed by atoms with Gasteiger partial charge in [-0.05, 0) is 56.4 Å². The van der Waals surface area contributed by atoms with Crippen molar-refractivity contribution in [1.82, 2.24) is 10.2 Å². The van der Waals surface area contributed by atoms with Gasteiger partial charge in [0.25, 0.3) is 0 Å². The zero-order valence-electron chi connectivity index (χ0n) is 24.5. The van der Waals surface area contributed by atoms with Crippen LogP contribution in [0.15, 0.2) is 48.5 Å². The number of esters is 1. The number of hydrogen-bond acceptors (Lipinski definition) is 8. The van der Waals surface area contributed by atoms with Crippen molar-refractivity contribution in [3.05, 3.63) is 70.8 Å². The predicted molar refractivity (Wildman–Crippen MR) is 150 cm³/mol. The van der Waals surface area contributed by atoms with Crippen molar-refractivity contribution >= 4 is 25.8 Å². The molecule has 0 aliphatic carbocycles. The maximum atomic E-state index is 13.7. The molecule has 0 bridgehead atoms. The first-order valence-electron chi connectivity index (χ1n) is 14.0. The molecule has 2 saturated heterocycles. The standard InChI is InChI=1S/C29H34F3N2O10P/c1-19-12-21(14-23(13-19)29(30,31)32)20(2)41-17-28(22-6-4-3-5-7-22)11-10-27(9-8-24(35)33-27)16-34(28)26(37)43-18-42-25(36)15-44-45(38,39)40/h3-7,12-14,20H,8-11,15-18H2,1-2H3,(H,33,35)(H2,38,39,40)/t20-,27-,28-/m1/s1. The number of nitrogens with one attached hydrogen (secondary N) is 1. The van der Waals surface area contributed by atoms with Crippen LogP contribution < -0.4 is 5.32 Å². The van der Waals surface area contributed by atoms with Crippen LogP contribution in [0.3, 0.4) is 0 Å². The Hall–Kier alpha value is -3.49. The highest BCUT2D eigenvalue weighted by Crippen LogP contribution is 2.45. The monoisotopic (exact) mass is 658 g/mol. The number of carbonyl (C=O) groups excluding carboxylic acids is 3. The van der Waals surface area contributed by atoms with E-state index in [4.69, 9.17) is 24.0 Å². The van der Waals surface area contributed by atoms with Gasteiger partial charge >= 0.3 is 26.1 Å². The first-order valence-corrected chi connectivity index (χ1v) is 15.5. The number of benzene rings is 2. The van der Waals surface area contributed by atoms with Gasteiger partial charge in [0, 0.05) is 13.0 Å². The second-order valence-corrected chi connectivity index (χ2v) is 12.4. The van der Waals surface area contributed by atoms with Crippen LogP contribution in [-0.4, -0.2) is 64.7 Å². The first kappa shape index (κ1) is 34.4. The lowest BCUT2D eigenvalue weighted by molar-refractivity contribution is -0.157. The van der Waals surface area contributed by atoms with Crippen LogP contribution in [0, 0.1) is 6.92 Å². The van der Waals surface area contributed by atoms with E-state index in [9.17, 15) is 32.1 Å². The molecule has 3 atom stereocenters. The Bertz CT molecular complexity index is 1450. The fourth-order valence-corrected chi connectivity index (χ4v) is 5.96. The molecule has 0 radical (unpaired) electrons. The lowest BCUT2D eigenvalue weighted by Crippen LogP contribution is -2.65. The molecule has 0 aromatic heterocycles. The van der Waals surface area contributed by atoms with E-state index in [1.807, 2.05) is 0 Å². The summed E-state index contributed by atoms with van der Waals surface area (Å²) in [4.78, 5) is 56.6. The highest BCUT2D eigenvalue weighted by molar-refractivity contribution is 7.46. The molecule has 4 rings (SSSR count). The van der Waals surface area contributed by atoms with E-state index in [0.717, 1.165) is 12.1 Å². The van der Waals surface area contributed by atoms with Gasteiger partial charge in [-0.2, -0.15) is 13.2 Å². The number of carbonyl (C=O) groups is 3. The second-order valence-electron chi connectivity index (χ2n) is 11.2. The Labute approximate surface area is 257 Å². The number of nitrogens with zero attached hydrogens (tertiary/aromatic N) is 1. The number of ether oxygens (including phenoxy) is 3. The number of likely N-dealkylation sites (tertiary alicyclic amines) is 1. The highest BCUT2D eigenvalue weighted by Gasteiger charge is 2.54. The summed E-state index contributed by atoms with van der Waals surface area (Å²) >= 11 is 0. The average molecular weight is 659 g/mol. The van der Waals surface area contributed by atoms with Crippen LogP contribution in [-0.2, 0) is 44.6 Å². The number of halogens is 3. The summed E-state index contributed by atoms with van der Waals surface area (Å²) in [5, 5.41) is 2.95. The summed E-state index contributed by atoms with van der Waals surface area (Å²) < 4.78 is 71.7.